The summed E-state index contributed by atoms with van der Waals surface area (Å²) in [6.45, 7) is 0.687. The van der Waals surface area contributed by atoms with Gasteiger partial charge in [-0.2, -0.15) is 10.1 Å². The van der Waals surface area contributed by atoms with Gasteiger partial charge in [-0.05, 0) is 42.0 Å². The molecule has 31 heavy (non-hydrogen) atoms. The van der Waals surface area contributed by atoms with E-state index < -0.39 is 0 Å². The van der Waals surface area contributed by atoms with Crippen LogP contribution in [-0.4, -0.2) is 27.6 Å². The minimum absolute atomic E-state index is 0.159. The first-order chi connectivity index (χ1) is 15.1. The zero-order chi connectivity index (χ0) is 21.1. The number of imide groups is 1. The lowest BCUT2D eigenvalue weighted by atomic mass is 9.85. The van der Waals surface area contributed by atoms with E-state index in [1.165, 1.54) is 0 Å². The first-order valence-electron chi connectivity index (χ1n) is 10.5. The lowest BCUT2D eigenvalue weighted by Gasteiger charge is -2.13. The number of aromatic nitrogens is 1. The van der Waals surface area contributed by atoms with Crippen molar-refractivity contribution in [2.24, 2.45) is 28.8 Å². The van der Waals surface area contributed by atoms with Gasteiger partial charge in [-0.15, -0.1) is 0 Å². The van der Waals surface area contributed by atoms with Gasteiger partial charge >= 0.3 is 0 Å². The third-order valence-corrected chi connectivity index (χ3v) is 7.10. The van der Waals surface area contributed by atoms with Gasteiger partial charge in [0.1, 0.15) is 0 Å². The number of hydrogen-bond acceptors (Lipinski definition) is 3. The molecule has 1 aliphatic heterocycles. The lowest BCUT2D eigenvalue weighted by molar-refractivity contribution is -0.140. The van der Waals surface area contributed by atoms with Crippen molar-refractivity contribution in [2.75, 3.05) is 0 Å². The summed E-state index contributed by atoms with van der Waals surface area (Å²) in [7, 11) is 0. The molecule has 1 saturated heterocycles. The monoisotopic (exact) mass is 429 g/mol. The zero-order valence-corrected chi connectivity index (χ0v) is 17.4. The van der Waals surface area contributed by atoms with E-state index >= 15 is 0 Å². The van der Waals surface area contributed by atoms with Crippen LogP contribution in [0.1, 0.15) is 17.5 Å². The van der Waals surface area contributed by atoms with Crippen LogP contribution < -0.4 is 0 Å². The zero-order valence-electron chi connectivity index (χ0n) is 16.7. The smallest absolute Gasteiger partial charge is 0.254 e. The molecule has 0 radical (unpaired) electrons. The largest absolute Gasteiger partial charge is 0.342 e. The number of amides is 2. The Kier molecular flexibility index (Phi) is 4.15. The summed E-state index contributed by atoms with van der Waals surface area (Å²) in [5.41, 5.74) is 3.08. The summed E-state index contributed by atoms with van der Waals surface area (Å²) in [6, 6.07) is 15.8. The standard InChI is InChI=1S/C25H20ClN3O2/c26-19-9-5-15(6-10-19)13-28-14-18(20-3-1-2-4-21(20)28)12-27-29-24(30)22-16-7-8-17(11-16)23(22)25(29)31/h1-10,12,14,16-17,22-23H,11,13H2. The minimum atomic E-state index is -0.231. The van der Waals surface area contributed by atoms with Crippen LogP contribution >= 0.6 is 11.6 Å². The van der Waals surface area contributed by atoms with Crippen molar-refractivity contribution < 1.29 is 9.59 Å². The Hall–Kier alpha value is -3.18. The van der Waals surface area contributed by atoms with E-state index in [0.29, 0.717) is 11.6 Å². The third kappa shape index (κ3) is 2.87. The Labute approximate surface area is 184 Å². The van der Waals surface area contributed by atoms with Crippen molar-refractivity contribution in [3.8, 4) is 0 Å². The fourth-order valence-corrected chi connectivity index (χ4v) is 5.54. The van der Waals surface area contributed by atoms with Gasteiger partial charge in [0, 0.05) is 34.2 Å². The molecule has 1 aromatic heterocycles. The van der Waals surface area contributed by atoms with Crippen LogP contribution in [0.2, 0.25) is 5.02 Å². The number of carbonyl (C=O) groups excluding carboxylic acids is 2. The van der Waals surface area contributed by atoms with E-state index in [4.69, 9.17) is 11.6 Å². The van der Waals surface area contributed by atoms with Crippen LogP contribution in [0.3, 0.4) is 0 Å². The van der Waals surface area contributed by atoms with E-state index in [2.05, 4.69) is 27.9 Å². The number of para-hydroxylation sites is 1. The van der Waals surface area contributed by atoms with Gasteiger partial charge in [-0.25, -0.2) is 0 Å². The lowest BCUT2D eigenvalue weighted by Crippen LogP contribution is -2.28. The molecule has 4 unspecified atom stereocenters. The van der Waals surface area contributed by atoms with Crippen LogP contribution in [0, 0.1) is 23.7 Å². The van der Waals surface area contributed by atoms with Gasteiger partial charge in [-0.3, -0.25) is 9.59 Å². The first kappa shape index (κ1) is 18.6. The molecule has 2 heterocycles. The number of benzene rings is 2. The Morgan fingerprint density at radius 2 is 1.65 bits per heavy atom. The van der Waals surface area contributed by atoms with Crippen LogP contribution in [0.25, 0.3) is 10.9 Å². The number of halogens is 1. The third-order valence-electron chi connectivity index (χ3n) is 6.84. The van der Waals surface area contributed by atoms with Gasteiger partial charge in [0.25, 0.3) is 11.8 Å². The van der Waals surface area contributed by atoms with Crippen molar-refractivity contribution in [3.63, 3.8) is 0 Å². The summed E-state index contributed by atoms with van der Waals surface area (Å²) in [5.74, 6) is -0.404. The van der Waals surface area contributed by atoms with E-state index in [0.717, 1.165) is 33.5 Å². The van der Waals surface area contributed by atoms with Gasteiger partial charge in [0.2, 0.25) is 0 Å². The minimum Gasteiger partial charge on any atom is -0.342 e. The van der Waals surface area contributed by atoms with Crippen LogP contribution in [-0.2, 0) is 16.1 Å². The number of hydrazone groups is 1. The molecule has 3 aromatic rings. The summed E-state index contributed by atoms with van der Waals surface area (Å²) >= 11 is 6.01. The second-order valence-electron chi connectivity index (χ2n) is 8.59. The highest BCUT2D eigenvalue weighted by Crippen LogP contribution is 2.52. The number of carbonyl (C=O) groups is 2. The SMILES string of the molecule is O=C1C2C3C=CC(C3)C2C(=O)N1N=Cc1cn(Cc2ccc(Cl)cc2)c2ccccc12. The molecule has 5 nitrogen and oxygen atoms in total. The van der Waals surface area contributed by atoms with Crippen molar-refractivity contribution in [2.45, 2.75) is 13.0 Å². The van der Waals surface area contributed by atoms with Crippen molar-refractivity contribution >= 4 is 40.5 Å². The summed E-state index contributed by atoms with van der Waals surface area (Å²) < 4.78 is 2.15. The van der Waals surface area contributed by atoms with Crippen LogP contribution in [0.15, 0.2) is 72.0 Å². The van der Waals surface area contributed by atoms with E-state index in [9.17, 15) is 9.59 Å². The maximum Gasteiger partial charge on any atom is 0.254 e. The van der Waals surface area contributed by atoms with Crippen molar-refractivity contribution in [1.82, 2.24) is 9.58 Å². The van der Waals surface area contributed by atoms with Crippen LogP contribution in [0.5, 0.6) is 0 Å². The number of hydrogen-bond donors (Lipinski definition) is 0. The van der Waals surface area contributed by atoms with Crippen molar-refractivity contribution in [1.29, 1.82) is 0 Å². The Morgan fingerprint density at radius 3 is 2.35 bits per heavy atom. The van der Waals surface area contributed by atoms with Gasteiger partial charge in [-0.1, -0.05) is 54.1 Å². The normalized spacial score (nSPS) is 26.7. The predicted molar refractivity (Wildman–Crippen MR) is 120 cm³/mol. The average molecular weight is 430 g/mol. The number of rotatable bonds is 4. The maximum absolute atomic E-state index is 12.9. The predicted octanol–water partition coefficient (Wildman–Crippen LogP) is 4.48. The number of fused-ring (bicyclic) bond motifs is 6. The Bertz CT molecular complexity index is 1240. The van der Waals surface area contributed by atoms with E-state index in [1.54, 1.807) is 6.21 Å². The highest BCUT2D eigenvalue weighted by atomic mass is 35.5. The van der Waals surface area contributed by atoms with Crippen molar-refractivity contribution in [3.05, 3.63) is 83.0 Å². The highest BCUT2D eigenvalue weighted by molar-refractivity contribution is 6.30. The van der Waals surface area contributed by atoms with Gasteiger partial charge < -0.3 is 4.57 Å². The fraction of sp³-hybridized carbons (Fsp3) is 0.240. The quantitative estimate of drug-likeness (QED) is 0.348. The molecular formula is C25H20ClN3O2. The molecule has 4 atom stereocenters. The molecule has 0 spiro atoms. The Morgan fingerprint density at radius 1 is 0.968 bits per heavy atom. The van der Waals surface area contributed by atoms with E-state index in [-0.39, 0.29) is 35.5 Å². The van der Waals surface area contributed by atoms with Gasteiger partial charge in [0.05, 0.1) is 18.1 Å². The molecule has 2 amide bonds. The average Bonchev–Trinajstić information content (AvgIpc) is 3.53. The molecule has 3 aliphatic rings. The number of allylic oxidation sites excluding steroid dienone is 2. The molecule has 2 bridgehead atoms. The van der Waals surface area contributed by atoms with Crippen LogP contribution in [0.4, 0.5) is 0 Å². The van der Waals surface area contributed by atoms with Gasteiger partial charge in [0.15, 0.2) is 0 Å². The summed E-state index contributed by atoms with van der Waals surface area (Å²) in [4.78, 5) is 25.8. The molecule has 0 N–H and O–H groups in total. The number of nitrogens with zero attached hydrogens (tertiary/aromatic N) is 3. The molecule has 2 fully saturated rings. The molecule has 2 aromatic carbocycles. The maximum atomic E-state index is 12.9. The Balaban J connectivity index is 1.31. The molecule has 6 heteroatoms. The molecule has 6 rings (SSSR count). The highest BCUT2D eigenvalue weighted by Gasteiger charge is 2.59. The molecule has 154 valence electrons. The molecule has 2 aliphatic carbocycles. The second-order valence-corrected chi connectivity index (χ2v) is 9.03. The fourth-order valence-electron chi connectivity index (χ4n) is 5.42. The van der Waals surface area contributed by atoms with E-state index in [1.807, 2.05) is 48.7 Å². The second kappa shape index (κ2) is 6.92. The summed E-state index contributed by atoms with van der Waals surface area (Å²) in [5, 5.41) is 7.21. The molecule has 1 saturated carbocycles. The topological polar surface area (TPSA) is 54.7 Å². The molecular weight excluding hydrogens is 410 g/mol. The summed E-state index contributed by atoms with van der Waals surface area (Å²) in [6.07, 6.45) is 8.76. The first-order valence-corrected chi connectivity index (χ1v) is 10.9.